The highest BCUT2D eigenvalue weighted by molar-refractivity contribution is 7.92. The molecule has 3 aromatic rings. The van der Waals surface area contributed by atoms with E-state index in [1.807, 2.05) is 6.92 Å². The average molecular weight is 487 g/mol. The quantitative estimate of drug-likeness (QED) is 0.467. The Morgan fingerprint density at radius 3 is 2.30 bits per heavy atom. The van der Waals surface area contributed by atoms with Crippen LogP contribution in [0.3, 0.4) is 0 Å². The molecule has 172 valence electrons. The van der Waals surface area contributed by atoms with E-state index in [2.05, 4.69) is 5.32 Å². The van der Waals surface area contributed by atoms with Gasteiger partial charge in [0.15, 0.2) is 6.61 Å². The number of halogens is 1. The molecule has 0 radical (unpaired) electrons. The highest BCUT2D eigenvalue weighted by atomic mass is 35.5. The number of hydrogen-bond donors (Lipinski definition) is 1. The van der Waals surface area contributed by atoms with Gasteiger partial charge in [-0.2, -0.15) is 0 Å². The third-order valence-electron chi connectivity index (χ3n) is 4.75. The Labute approximate surface area is 198 Å². The molecule has 0 aliphatic rings. The van der Waals surface area contributed by atoms with Crippen LogP contribution in [0.4, 0.5) is 11.4 Å². The summed E-state index contributed by atoms with van der Waals surface area (Å²) in [5, 5.41) is 2.65. The van der Waals surface area contributed by atoms with Crippen LogP contribution in [0.5, 0.6) is 0 Å². The Kier molecular flexibility index (Phi) is 7.73. The lowest BCUT2D eigenvalue weighted by molar-refractivity contribution is -0.119. The van der Waals surface area contributed by atoms with Gasteiger partial charge in [-0.1, -0.05) is 47.5 Å². The minimum absolute atomic E-state index is 0.0375. The SMILES string of the molecule is CCN(c1ccccc1)S(=O)(=O)c1ccc(Cl)c(NC(=O)COC(=O)c2ccc(C)cc2)c1. The third kappa shape index (κ3) is 5.91. The second-order valence-electron chi connectivity index (χ2n) is 7.14. The number of amides is 1. The number of anilines is 2. The number of esters is 1. The fraction of sp³-hybridized carbons (Fsp3) is 0.167. The normalized spacial score (nSPS) is 11.0. The van der Waals surface area contributed by atoms with Crippen LogP contribution in [-0.4, -0.2) is 33.4 Å². The van der Waals surface area contributed by atoms with Crippen LogP contribution in [0.25, 0.3) is 0 Å². The predicted molar refractivity (Wildman–Crippen MR) is 128 cm³/mol. The lowest BCUT2D eigenvalue weighted by Crippen LogP contribution is -2.30. The number of carbonyl (C=O) groups excluding carboxylic acids is 2. The number of ether oxygens (including phenoxy) is 1. The first-order valence-corrected chi connectivity index (χ1v) is 11.9. The predicted octanol–water partition coefficient (Wildman–Crippen LogP) is 4.66. The van der Waals surface area contributed by atoms with Crippen molar-refractivity contribution >= 4 is 44.9 Å². The molecule has 0 unspecified atom stereocenters. The van der Waals surface area contributed by atoms with Crippen molar-refractivity contribution in [3.8, 4) is 0 Å². The lowest BCUT2D eigenvalue weighted by atomic mass is 10.1. The van der Waals surface area contributed by atoms with Gasteiger partial charge >= 0.3 is 5.97 Å². The van der Waals surface area contributed by atoms with Crippen molar-refractivity contribution in [2.45, 2.75) is 18.7 Å². The topological polar surface area (TPSA) is 92.8 Å². The summed E-state index contributed by atoms with van der Waals surface area (Å²) in [7, 11) is -3.91. The maximum Gasteiger partial charge on any atom is 0.338 e. The minimum Gasteiger partial charge on any atom is -0.452 e. The van der Waals surface area contributed by atoms with Gasteiger partial charge in [-0.05, 0) is 56.3 Å². The van der Waals surface area contributed by atoms with Crippen molar-refractivity contribution in [1.82, 2.24) is 0 Å². The van der Waals surface area contributed by atoms with E-state index in [4.69, 9.17) is 16.3 Å². The fourth-order valence-corrected chi connectivity index (χ4v) is 4.73. The van der Waals surface area contributed by atoms with Gasteiger partial charge in [-0.15, -0.1) is 0 Å². The van der Waals surface area contributed by atoms with Crippen LogP contribution >= 0.6 is 11.6 Å². The Morgan fingerprint density at radius 2 is 1.67 bits per heavy atom. The van der Waals surface area contributed by atoms with Crippen LogP contribution in [0, 0.1) is 6.92 Å². The van der Waals surface area contributed by atoms with Gasteiger partial charge in [-0.25, -0.2) is 13.2 Å². The van der Waals surface area contributed by atoms with E-state index in [1.54, 1.807) is 61.5 Å². The van der Waals surface area contributed by atoms with Gasteiger partial charge in [0, 0.05) is 6.54 Å². The van der Waals surface area contributed by atoms with Crippen molar-refractivity contribution in [2.24, 2.45) is 0 Å². The number of hydrogen-bond acceptors (Lipinski definition) is 5. The Balaban J connectivity index is 1.73. The van der Waals surface area contributed by atoms with Gasteiger partial charge in [0.25, 0.3) is 15.9 Å². The molecule has 0 aliphatic carbocycles. The number of sulfonamides is 1. The molecule has 7 nitrogen and oxygen atoms in total. The molecule has 0 atom stereocenters. The van der Waals surface area contributed by atoms with E-state index in [0.717, 1.165) is 5.56 Å². The zero-order chi connectivity index (χ0) is 24.0. The average Bonchev–Trinajstić information content (AvgIpc) is 2.80. The van der Waals surface area contributed by atoms with Crippen molar-refractivity contribution in [1.29, 1.82) is 0 Å². The summed E-state index contributed by atoms with van der Waals surface area (Å²) in [6.45, 7) is 3.28. The number of carbonyl (C=O) groups is 2. The standard InChI is InChI=1S/C24H23ClN2O5S/c1-3-27(19-7-5-4-6-8-19)33(30,31)20-13-14-21(25)22(15-20)26-23(28)16-32-24(29)18-11-9-17(2)10-12-18/h4-15H,3,16H2,1-2H3,(H,26,28). The van der Waals surface area contributed by atoms with Gasteiger partial charge in [0.2, 0.25) is 0 Å². The zero-order valence-electron chi connectivity index (χ0n) is 18.1. The summed E-state index contributed by atoms with van der Waals surface area (Å²) in [5.74, 6) is -1.30. The molecule has 0 bridgehead atoms. The van der Waals surface area contributed by atoms with Crippen molar-refractivity contribution in [3.05, 3.63) is 88.9 Å². The molecular formula is C24H23ClN2O5S. The molecule has 0 saturated carbocycles. The molecule has 0 spiro atoms. The lowest BCUT2D eigenvalue weighted by Gasteiger charge is -2.23. The van der Waals surface area contributed by atoms with Crippen molar-refractivity contribution in [3.63, 3.8) is 0 Å². The Bertz CT molecular complexity index is 1250. The fourth-order valence-electron chi connectivity index (χ4n) is 3.06. The Morgan fingerprint density at radius 1 is 1.00 bits per heavy atom. The molecule has 0 heterocycles. The van der Waals surface area contributed by atoms with E-state index >= 15 is 0 Å². The summed E-state index contributed by atoms with van der Waals surface area (Å²) in [4.78, 5) is 24.4. The summed E-state index contributed by atoms with van der Waals surface area (Å²) >= 11 is 6.16. The molecule has 1 amide bonds. The van der Waals surface area contributed by atoms with Gasteiger partial charge in [-0.3, -0.25) is 9.10 Å². The van der Waals surface area contributed by atoms with Crippen LogP contribution < -0.4 is 9.62 Å². The van der Waals surface area contributed by atoms with E-state index in [9.17, 15) is 18.0 Å². The molecular weight excluding hydrogens is 464 g/mol. The number of aryl methyl sites for hydroxylation is 1. The van der Waals surface area contributed by atoms with E-state index in [0.29, 0.717) is 11.3 Å². The van der Waals surface area contributed by atoms with Crippen LogP contribution in [0.15, 0.2) is 77.7 Å². The molecule has 0 aliphatic heterocycles. The molecule has 0 fully saturated rings. The zero-order valence-corrected chi connectivity index (χ0v) is 19.7. The monoisotopic (exact) mass is 486 g/mol. The highest BCUT2D eigenvalue weighted by Crippen LogP contribution is 2.29. The van der Waals surface area contributed by atoms with Gasteiger partial charge < -0.3 is 10.1 Å². The first-order chi connectivity index (χ1) is 15.7. The smallest absolute Gasteiger partial charge is 0.338 e. The largest absolute Gasteiger partial charge is 0.452 e. The summed E-state index contributed by atoms with van der Waals surface area (Å²) in [6.07, 6.45) is 0. The highest BCUT2D eigenvalue weighted by Gasteiger charge is 2.24. The molecule has 33 heavy (non-hydrogen) atoms. The van der Waals surface area contributed by atoms with Crippen molar-refractivity contribution in [2.75, 3.05) is 22.8 Å². The van der Waals surface area contributed by atoms with Crippen molar-refractivity contribution < 1.29 is 22.7 Å². The number of benzene rings is 3. The maximum atomic E-state index is 13.2. The first-order valence-electron chi connectivity index (χ1n) is 10.1. The molecule has 0 saturated heterocycles. The number of rotatable bonds is 8. The third-order valence-corrected chi connectivity index (χ3v) is 6.98. The van der Waals surface area contributed by atoms with Crippen LogP contribution in [0.2, 0.25) is 5.02 Å². The second-order valence-corrected chi connectivity index (χ2v) is 9.41. The van der Waals surface area contributed by atoms with Gasteiger partial charge in [0.05, 0.1) is 26.9 Å². The number of nitrogens with one attached hydrogen (secondary N) is 1. The Hall–Kier alpha value is -3.36. The molecule has 9 heteroatoms. The molecule has 3 aromatic carbocycles. The van der Waals surface area contributed by atoms with E-state index < -0.39 is 28.5 Å². The number of nitrogens with zero attached hydrogens (tertiary/aromatic N) is 1. The second kappa shape index (κ2) is 10.5. The van der Waals surface area contributed by atoms with Crippen LogP contribution in [-0.2, 0) is 19.6 Å². The summed E-state index contributed by atoms with van der Waals surface area (Å²) in [5.41, 5.74) is 1.92. The summed E-state index contributed by atoms with van der Waals surface area (Å²) in [6, 6.07) is 19.5. The van der Waals surface area contributed by atoms with E-state index in [-0.39, 0.29) is 22.2 Å². The maximum absolute atomic E-state index is 13.2. The first kappa shape index (κ1) is 24.3. The van der Waals surface area contributed by atoms with E-state index in [1.165, 1.54) is 22.5 Å². The van der Waals surface area contributed by atoms with Gasteiger partial charge in [0.1, 0.15) is 0 Å². The molecule has 3 rings (SSSR count). The van der Waals surface area contributed by atoms with Crippen LogP contribution in [0.1, 0.15) is 22.8 Å². The minimum atomic E-state index is -3.91. The number of para-hydroxylation sites is 1. The molecule has 1 N–H and O–H groups in total. The molecule has 0 aromatic heterocycles. The summed E-state index contributed by atoms with van der Waals surface area (Å²) < 4.78 is 32.7.